The van der Waals surface area contributed by atoms with Gasteiger partial charge < -0.3 is 34.5 Å². The number of anilines is 2. The molecule has 0 bridgehead atoms. The van der Waals surface area contributed by atoms with Crippen LogP contribution in [0.4, 0.5) is 11.5 Å². The lowest BCUT2D eigenvalue weighted by molar-refractivity contribution is -0.130. The van der Waals surface area contributed by atoms with Crippen LogP contribution in [-0.4, -0.2) is 91.4 Å². The molecule has 0 saturated carbocycles. The van der Waals surface area contributed by atoms with Gasteiger partial charge >= 0.3 is 0 Å². The maximum Gasteiger partial charge on any atom is 0.219 e. The van der Waals surface area contributed by atoms with E-state index in [1.54, 1.807) is 26.4 Å². The number of carbonyl (C=O) groups is 2. The third-order valence-corrected chi connectivity index (χ3v) is 6.84. The molecule has 1 aliphatic heterocycles. The summed E-state index contributed by atoms with van der Waals surface area (Å²) in [6, 6.07) is 11.4. The number of aromatic nitrogens is 3. The average molecular weight is 593 g/mol. The lowest BCUT2D eigenvalue weighted by Crippen LogP contribution is -2.38. The smallest absolute Gasteiger partial charge is 0.219 e. The number of amides is 2. The molecule has 0 radical (unpaired) electrons. The van der Waals surface area contributed by atoms with E-state index in [1.165, 1.54) is 6.92 Å². The van der Waals surface area contributed by atoms with E-state index in [4.69, 9.17) is 28.9 Å². The minimum Gasteiger partial charge on any atom is -0.495 e. The highest BCUT2D eigenvalue weighted by molar-refractivity contribution is 5.73. The fourth-order valence-electron chi connectivity index (χ4n) is 4.63. The van der Waals surface area contributed by atoms with Gasteiger partial charge in [0.25, 0.3) is 0 Å². The Morgan fingerprint density at radius 3 is 2.47 bits per heavy atom. The number of hydrogen-bond acceptors (Lipinski definition) is 10. The minimum atomic E-state index is -0.0711. The normalized spacial score (nSPS) is 14.7. The molecule has 1 fully saturated rings. The lowest BCUT2D eigenvalue weighted by Gasteiger charge is -2.31. The van der Waals surface area contributed by atoms with Gasteiger partial charge in [-0.05, 0) is 43.2 Å². The monoisotopic (exact) mass is 592 g/mol. The second-order valence-electron chi connectivity index (χ2n) is 10.1. The average Bonchev–Trinajstić information content (AvgIpc) is 3.02. The number of nitrogens with one attached hydrogen (secondary N) is 2. The molecule has 1 aromatic carbocycles. The van der Waals surface area contributed by atoms with Gasteiger partial charge in [0.15, 0.2) is 0 Å². The zero-order valence-electron chi connectivity index (χ0n) is 25.0. The van der Waals surface area contributed by atoms with Crippen LogP contribution >= 0.6 is 0 Å². The van der Waals surface area contributed by atoms with Crippen molar-refractivity contribution in [2.75, 3.05) is 65.1 Å². The van der Waals surface area contributed by atoms with Crippen LogP contribution < -0.4 is 20.1 Å². The van der Waals surface area contributed by atoms with Gasteiger partial charge in [0.2, 0.25) is 11.8 Å². The van der Waals surface area contributed by atoms with Crippen molar-refractivity contribution < 1.29 is 28.5 Å². The van der Waals surface area contributed by atoms with Crippen molar-refractivity contribution in [1.82, 2.24) is 25.2 Å². The molecule has 4 rings (SSSR count). The fourth-order valence-corrected chi connectivity index (χ4v) is 4.63. The van der Waals surface area contributed by atoms with Crippen LogP contribution in [-0.2, 0) is 19.1 Å². The van der Waals surface area contributed by atoms with E-state index in [0.29, 0.717) is 63.5 Å². The lowest BCUT2D eigenvalue weighted by atomic mass is 9.97. The van der Waals surface area contributed by atoms with Crippen molar-refractivity contribution in [1.29, 1.82) is 0 Å². The molecule has 1 unspecified atom stereocenters. The van der Waals surface area contributed by atoms with E-state index in [9.17, 15) is 9.59 Å². The first kappa shape index (κ1) is 31.6. The molecule has 3 aromatic rings. The number of piperidine rings is 1. The van der Waals surface area contributed by atoms with E-state index in [2.05, 4.69) is 15.6 Å². The summed E-state index contributed by atoms with van der Waals surface area (Å²) in [4.78, 5) is 38.8. The first-order chi connectivity index (χ1) is 20.9. The minimum absolute atomic E-state index is 0.0324. The zero-order valence-corrected chi connectivity index (χ0v) is 25.0. The van der Waals surface area contributed by atoms with Crippen molar-refractivity contribution in [3.8, 4) is 22.8 Å². The van der Waals surface area contributed by atoms with E-state index < -0.39 is 0 Å². The fraction of sp³-hybridized carbons (Fsp3) is 0.452. The van der Waals surface area contributed by atoms with E-state index in [-0.39, 0.29) is 17.7 Å². The van der Waals surface area contributed by atoms with Gasteiger partial charge in [0.05, 0.1) is 45.4 Å². The van der Waals surface area contributed by atoms with E-state index >= 15 is 0 Å². The summed E-state index contributed by atoms with van der Waals surface area (Å²) in [5.41, 5.74) is 2.37. The third kappa shape index (κ3) is 10.2. The SMILES string of the molecule is COc1cncc(-c2cc(Nc3ccc(OCCOCCOCCNC(C)=O)cc3)nc(C3CCCN(C(C)=O)C3)n2)c1. The van der Waals surface area contributed by atoms with Gasteiger partial charge in [-0.1, -0.05) is 0 Å². The highest BCUT2D eigenvalue weighted by atomic mass is 16.5. The summed E-state index contributed by atoms with van der Waals surface area (Å²) < 4.78 is 22.1. The summed E-state index contributed by atoms with van der Waals surface area (Å²) in [6.45, 7) is 7.12. The highest BCUT2D eigenvalue weighted by Crippen LogP contribution is 2.30. The molecular weight excluding hydrogens is 552 g/mol. The van der Waals surface area contributed by atoms with Crippen molar-refractivity contribution >= 4 is 23.3 Å². The van der Waals surface area contributed by atoms with E-state index in [0.717, 1.165) is 42.1 Å². The van der Waals surface area contributed by atoms with Crippen LogP contribution in [0, 0.1) is 0 Å². The highest BCUT2D eigenvalue weighted by Gasteiger charge is 2.26. The first-order valence-electron chi connectivity index (χ1n) is 14.4. The van der Waals surface area contributed by atoms with Gasteiger partial charge in [0.1, 0.15) is 29.7 Å². The van der Waals surface area contributed by atoms with Gasteiger partial charge in [-0.25, -0.2) is 9.97 Å². The van der Waals surface area contributed by atoms with Gasteiger partial charge in [-0.15, -0.1) is 0 Å². The summed E-state index contributed by atoms with van der Waals surface area (Å²) in [5, 5.41) is 6.07. The quantitative estimate of drug-likeness (QED) is 0.252. The maximum absolute atomic E-state index is 12.1. The molecular formula is C31H40N6O6. The summed E-state index contributed by atoms with van der Waals surface area (Å²) in [7, 11) is 1.60. The number of ether oxygens (including phenoxy) is 4. The third-order valence-electron chi connectivity index (χ3n) is 6.84. The van der Waals surface area contributed by atoms with Crippen LogP contribution in [0.1, 0.15) is 38.4 Å². The number of benzene rings is 1. The number of methoxy groups -OCH3 is 1. The topological polar surface area (TPSA) is 137 Å². The van der Waals surface area contributed by atoms with Crippen molar-refractivity contribution in [2.45, 2.75) is 32.6 Å². The van der Waals surface area contributed by atoms with Crippen LogP contribution in [0.25, 0.3) is 11.3 Å². The predicted molar refractivity (Wildman–Crippen MR) is 162 cm³/mol. The van der Waals surface area contributed by atoms with Gasteiger partial charge in [-0.3, -0.25) is 14.6 Å². The molecule has 0 aliphatic carbocycles. The molecule has 1 aliphatic rings. The van der Waals surface area contributed by atoms with Crippen LogP contribution in [0.3, 0.4) is 0 Å². The number of nitrogens with zero attached hydrogens (tertiary/aromatic N) is 4. The molecule has 1 saturated heterocycles. The van der Waals surface area contributed by atoms with E-state index in [1.807, 2.05) is 41.3 Å². The van der Waals surface area contributed by atoms with Crippen LogP contribution in [0.5, 0.6) is 11.5 Å². The second-order valence-corrected chi connectivity index (χ2v) is 10.1. The van der Waals surface area contributed by atoms with Gasteiger partial charge in [0, 0.05) is 62.9 Å². The number of likely N-dealkylation sites (tertiary alicyclic amines) is 1. The Hall–Kier alpha value is -4.29. The molecule has 43 heavy (non-hydrogen) atoms. The molecule has 230 valence electrons. The molecule has 1 atom stereocenters. The summed E-state index contributed by atoms with van der Waals surface area (Å²) in [5.74, 6) is 2.72. The molecule has 2 aromatic heterocycles. The Balaban J connectivity index is 1.35. The maximum atomic E-state index is 12.1. The van der Waals surface area contributed by atoms with Gasteiger partial charge in [-0.2, -0.15) is 0 Å². The number of rotatable bonds is 15. The molecule has 12 nitrogen and oxygen atoms in total. The number of carbonyl (C=O) groups excluding carboxylic acids is 2. The Morgan fingerprint density at radius 2 is 1.72 bits per heavy atom. The summed E-state index contributed by atoms with van der Waals surface area (Å²) >= 11 is 0. The zero-order chi connectivity index (χ0) is 30.4. The first-order valence-corrected chi connectivity index (χ1v) is 14.4. The molecule has 3 heterocycles. The molecule has 2 N–H and O–H groups in total. The molecule has 2 amide bonds. The number of hydrogen-bond donors (Lipinski definition) is 2. The van der Waals surface area contributed by atoms with Crippen molar-refractivity contribution in [2.24, 2.45) is 0 Å². The molecule has 12 heteroatoms. The van der Waals surface area contributed by atoms with Crippen molar-refractivity contribution in [3.05, 3.63) is 54.6 Å². The predicted octanol–water partition coefficient (Wildman–Crippen LogP) is 3.56. The number of pyridine rings is 1. The van der Waals surface area contributed by atoms with Crippen LogP contribution in [0.2, 0.25) is 0 Å². The Labute approximate surface area is 252 Å². The Kier molecular flexibility index (Phi) is 12.0. The standard InChI is InChI=1S/C31H40N6O6/c1-22(38)33-10-12-41-13-14-42-15-16-43-27-8-6-26(7-9-27)34-30-18-29(25-17-28(40-3)20-32-19-25)35-31(36-30)24-5-4-11-37(21-24)23(2)39/h6-9,17-20,24H,4-5,10-16,21H2,1-3H3,(H,33,38)(H,34,35,36). The second kappa shape index (κ2) is 16.4. The van der Waals surface area contributed by atoms with Crippen molar-refractivity contribution in [3.63, 3.8) is 0 Å². The largest absolute Gasteiger partial charge is 0.495 e. The Morgan fingerprint density at radius 1 is 0.953 bits per heavy atom. The Bertz CT molecular complexity index is 1340. The summed E-state index contributed by atoms with van der Waals surface area (Å²) in [6.07, 6.45) is 5.21. The van der Waals surface area contributed by atoms with Crippen LogP contribution in [0.15, 0.2) is 48.8 Å². The molecule has 0 spiro atoms.